The van der Waals surface area contributed by atoms with Crippen LogP contribution in [0.3, 0.4) is 0 Å². The van der Waals surface area contributed by atoms with Gasteiger partial charge in [0.25, 0.3) is 0 Å². The van der Waals surface area contributed by atoms with E-state index in [0.717, 1.165) is 51.3 Å². The third-order valence-electron chi connectivity index (χ3n) is 5.71. The standard InChI is InChI=1S/C29H29F3O6/c1-3-4-5-6-7-8-17-36-25-16-14-22(26(31)27(25)32)19-9-12-21(13-10-19)37-28(33)20-11-15-24(23(30)18-20)38-29(34)35-2/h9-16,18H,3-8,17H2,1-2H3. The fourth-order valence-corrected chi connectivity index (χ4v) is 3.64. The topological polar surface area (TPSA) is 71.1 Å². The van der Waals surface area contributed by atoms with Crippen LogP contribution < -0.4 is 14.2 Å². The number of methoxy groups -OCH3 is 1. The van der Waals surface area contributed by atoms with Crippen molar-refractivity contribution in [1.82, 2.24) is 0 Å². The van der Waals surface area contributed by atoms with E-state index < -0.39 is 35.3 Å². The van der Waals surface area contributed by atoms with Gasteiger partial charge < -0.3 is 18.9 Å². The zero-order valence-corrected chi connectivity index (χ0v) is 21.2. The molecule has 9 heteroatoms. The highest BCUT2D eigenvalue weighted by atomic mass is 19.2. The molecular formula is C29H29F3O6. The van der Waals surface area contributed by atoms with Gasteiger partial charge >= 0.3 is 12.1 Å². The highest BCUT2D eigenvalue weighted by Gasteiger charge is 2.17. The van der Waals surface area contributed by atoms with Crippen molar-refractivity contribution < 1.29 is 41.7 Å². The third kappa shape index (κ3) is 7.74. The molecule has 0 aromatic heterocycles. The van der Waals surface area contributed by atoms with Gasteiger partial charge in [-0.2, -0.15) is 4.39 Å². The minimum atomic E-state index is -1.11. The zero-order valence-electron chi connectivity index (χ0n) is 21.2. The van der Waals surface area contributed by atoms with Crippen molar-refractivity contribution in [2.45, 2.75) is 45.4 Å². The molecule has 0 radical (unpaired) electrons. The summed E-state index contributed by atoms with van der Waals surface area (Å²) >= 11 is 0. The molecule has 0 N–H and O–H groups in total. The van der Waals surface area contributed by atoms with Crippen molar-refractivity contribution in [3.05, 3.63) is 77.6 Å². The van der Waals surface area contributed by atoms with Crippen LogP contribution in [0.1, 0.15) is 55.8 Å². The average molecular weight is 531 g/mol. The zero-order chi connectivity index (χ0) is 27.5. The van der Waals surface area contributed by atoms with Crippen LogP contribution in [0.4, 0.5) is 18.0 Å². The molecule has 6 nitrogen and oxygen atoms in total. The molecule has 0 unspecified atom stereocenters. The van der Waals surface area contributed by atoms with Crippen LogP contribution in [-0.4, -0.2) is 25.8 Å². The van der Waals surface area contributed by atoms with E-state index in [1.165, 1.54) is 48.9 Å². The molecule has 0 atom stereocenters. The largest absolute Gasteiger partial charge is 0.513 e. The van der Waals surface area contributed by atoms with Gasteiger partial charge in [0.05, 0.1) is 19.3 Å². The molecule has 0 saturated heterocycles. The van der Waals surface area contributed by atoms with Crippen LogP contribution in [0.15, 0.2) is 54.6 Å². The van der Waals surface area contributed by atoms with Gasteiger partial charge in [-0.15, -0.1) is 0 Å². The van der Waals surface area contributed by atoms with E-state index in [-0.39, 0.29) is 22.6 Å². The Morgan fingerprint density at radius 2 is 1.45 bits per heavy atom. The quantitative estimate of drug-likeness (QED) is 0.103. The summed E-state index contributed by atoms with van der Waals surface area (Å²) in [4.78, 5) is 23.5. The second-order valence-electron chi connectivity index (χ2n) is 8.47. The van der Waals surface area contributed by atoms with E-state index in [1.807, 2.05) is 0 Å². The maximum atomic E-state index is 14.8. The lowest BCUT2D eigenvalue weighted by Crippen LogP contribution is -2.11. The van der Waals surface area contributed by atoms with Crippen LogP contribution in [-0.2, 0) is 4.74 Å². The monoisotopic (exact) mass is 530 g/mol. The molecule has 38 heavy (non-hydrogen) atoms. The Balaban J connectivity index is 1.60. The van der Waals surface area contributed by atoms with Crippen molar-refractivity contribution in [3.63, 3.8) is 0 Å². The normalized spacial score (nSPS) is 10.7. The van der Waals surface area contributed by atoms with E-state index in [9.17, 15) is 22.8 Å². The molecule has 0 heterocycles. The number of halogens is 3. The molecule has 0 aliphatic heterocycles. The summed E-state index contributed by atoms with van der Waals surface area (Å²) in [6.07, 6.45) is 5.24. The molecule has 0 aliphatic carbocycles. The van der Waals surface area contributed by atoms with Crippen molar-refractivity contribution in [1.29, 1.82) is 0 Å². The maximum Gasteiger partial charge on any atom is 0.513 e. The number of carbonyl (C=O) groups excluding carboxylic acids is 2. The van der Waals surface area contributed by atoms with Gasteiger partial charge in [0.1, 0.15) is 5.75 Å². The predicted octanol–water partition coefficient (Wildman–Crippen LogP) is 7.87. The van der Waals surface area contributed by atoms with E-state index >= 15 is 0 Å². The summed E-state index contributed by atoms with van der Waals surface area (Å²) in [5, 5.41) is 0. The SMILES string of the molecule is CCCCCCCCOc1ccc(-c2ccc(OC(=O)c3ccc(OC(=O)OC)c(F)c3)cc2)c(F)c1F. The summed E-state index contributed by atoms with van der Waals surface area (Å²) in [5.74, 6) is -4.38. The molecule has 0 aliphatic rings. The van der Waals surface area contributed by atoms with Gasteiger partial charge in [-0.25, -0.2) is 18.4 Å². The Bertz CT molecular complexity index is 1240. The van der Waals surface area contributed by atoms with Gasteiger partial charge in [0.15, 0.2) is 23.1 Å². The summed E-state index contributed by atoms with van der Waals surface area (Å²) in [6.45, 7) is 2.46. The minimum absolute atomic E-state index is 0.0237. The Kier molecular flexibility index (Phi) is 10.6. The van der Waals surface area contributed by atoms with E-state index in [4.69, 9.17) is 9.47 Å². The number of ether oxygens (including phenoxy) is 4. The van der Waals surface area contributed by atoms with Crippen LogP contribution in [0.5, 0.6) is 17.2 Å². The Hall–Kier alpha value is -4.01. The second kappa shape index (κ2) is 14.1. The Morgan fingerprint density at radius 3 is 2.13 bits per heavy atom. The highest BCUT2D eigenvalue weighted by molar-refractivity contribution is 5.91. The predicted molar refractivity (Wildman–Crippen MR) is 135 cm³/mol. The summed E-state index contributed by atoms with van der Waals surface area (Å²) in [6, 6.07) is 11.7. The van der Waals surface area contributed by atoms with Gasteiger partial charge in [-0.05, 0) is 54.4 Å². The molecule has 0 amide bonds. The minimum Gasteiger partial charge on any atom is -0.490 e. The van der Waals surface area contributed by atoms with Crippen LogP contribution in [0, 0.1) is 17.5 Å². The Labute approximate surface area is 219 Å². The number of esters is 1. The van der Waals surface area contributed by atoms with Gasteiger partial charge in [-0.3, -0.25) is 0 Å². The first-order valence-corrected chi connectivity index (χ1v) is 12.3. The number of carbonyl (C=O) groups is 2. The third-order valence-corrected chi connectivity index (χ3v) is 5.71. The Morgan fingerprint density at radius 1 is 0.763 bits per heavy atom. The number of hydrogen-bond donors (Lipinski definition) is 0. The fourth-order valence-electron chi connectivity index (χ4n) is 3.64. The lowest BCUT2D eigenvalue weighted by atomic mass is 10.0. The molecule has 0 fully saturated rings. The summed E-state index contributed by atoms with van der Waals surface area (Å²) in [5.41, 5.74) is 0.253. The van der Waals surface area contributed by atoms with Crippen LogP contribution in [0.25, 0.3) is 11.1 Å². The lowest BCUT2D eigenvalue weighted by Gasteiger charge is -2.11. The molecule has 202 valence electrons. The molecule has 0 bridgehead atoms. The number of hydrogen-bond acceptors (Lipinski definition) is 6. The van der Waals surface area contributed by atoms with Crippen LogP contribution >= 0.6 is 0 Å². The maximum absolute atomic E-state index is 14.8. The van der Waals surface area contributed by atoms with E-state index in [1.54, 1.807) is 0 Å². The fraction of sp³-hybridized carbons (Fsp3) is 0.310. The molecule has 0 saturated carbocycles. The van der Waals surface area contributed by atoms with Crippen molar-refractivity contribution in [3.8, 4) is 28.4 Å². The molecular weight excluding hydrogens is 501 g/mol. The first-order valence-electron chi connectivity index (χ1n) is 12.3. The van der Waals surface area contributed by atoms with Gasteiger partial charge in [0.2, 0.25) is 5.82 Å². The van der Waals surface area contributed by atoms with E-state index in [2.05, 4.69) is 16.4 Å². The smallest absolute Gasteiger partial charge is 0.490 e. The lowest BCUT2D eigenvalue weighted by molar-refractivity contribution is 0.0734. The summed E-state index contributed by atoms with van der Waals surface area (Å²) in [7, 11) is 1.07. The number of unbranched alkanes of at least 4 members (excludes halogenated alkanes) is 5. The number of rotatable bonds is 12. The number of benzene rings is 3. The molecule has 3 rings (SSSR count). The molecule has 0 spiro atoms. The second-order valence-corrected chi connectivity index (χ2v) is 8.47. The van der Waals surface area contributed by atoms with Gasteiger partial charge in [0, 0.05) is 5.56 Å². The summed E-state index contributed by atoms with van der Waals surface area (Å²) < 4.78 is 63.0. The molecule has 3 aromatic carbocycles. The first kappa shape index (κ1) is 28.6. The molecule has 3 aromatic rings. The van der Waals surface area contributed by atoms with Crippen molar-refractivity contribution in [2.75, 3.05) is 13.7 Å². The van der Waals surface area contributed by atoms with Crippen LogP contribution in [0.2, 0.25) is 0 Å². The van der Waals surface area contributed by atoms with Gasteiger partial charge in [-0.1, -0.05) is 51.2 Å². The van der Waals surface area contributed by atoms with Crippen molar-refractivity contribution in [2.24, 2.45) is 0 Å². The average Bonchev–Trinajstić information content (AvgIpc) is 2.92. The highest BCUT2D eigenvalue weighted by Crippen LogP contribution is 2.31. The van der Waals surface area contributed by atoms with Crippen molar-refractivity contribution >= 4 is 12.1 Å². The first-order chi connectivity index (χ1) is 18.3. The van der Waals surface area contributed by atoms with E-state index in [0.29, 0.717) is 12.2 Å².